The van der Waals surface area contributed by atoms with Crippen LogP contribution in [0.2, 0.25) is 0 Å². The van der Waals surface area contributed by atoms with Crippen molar-refractivity contribution in [3.8, 4) is 11.5 Å². The lowest BCUT2D eigenvalue weighted by Gasteiger charge is -2.21. The van der Waals surface area contributed by atoms with Crippen LogP contribution < -0.4 is 4.74 Å². The number of aryl methyl sites for hydroxylation is 2. The van der Waals surface area contributed by atoms with Gasteiger partial charge in [-0.1, -0.05) is 0 Å². The summed E-state index contributed by atoms with van der Waals surface area (Å²) in [5, 5.41) is 9.17. The second-order valence-electron chi connectivity index (χ2n) is 4.70. The number of aromatic hydroxyl groups is 1. The highest BCUT2D eigenvalue weighted by molar-refractivity contribution is 5.38. The molecule has 0 unspecified atom stereocenters. The smallest absolute Gasteiger partial charge is 0.429 e. The van der Waals surface area contributed by atoms with Crippen molar-refractivity contribution in [1.29, 1.82) is 0 Å². The van der Waals surface area contributed by atoms with Crippen LogP contribution in [0.3, 0.4) is 0 Å². The van der Waals surface area contributed by atoms with Gasteiger partial charge in [-0.05, 0) is 43.2 Å². The summed E-state index contributed by atoms with van der Waals surface area (Å²) in [5.74, 6) is -2.91. The van der Waals surface area contributed by atoms with Gasteiger partial charge in [0.05, 0.1) is 0 Å². The van der Waals surface area contributed by atoms with Crippen molar-refractivity contribution in [2.24, 2.45) is 0 Å². The zero-order valence-electron chi connectivity index (χ0n) is 11.3. The van der Waals surface area contributed by atoms with E-state index in [2.05, 4.69) is 4.74 Å². The van der Waals surface area contributed by atoms with Gasteiger partial charge in [0.25, 0.3) is 0 Å². The Morgan fingerprint density at radius 2 is 1.67 bits per heavy atom. The molecular formula is C15H12F4O2. The standard InChI is InChI=1S/C15H12F4O2/c1-8-3-10(16)6-12(4-8)21-15(18,19)14-9(2)5-11(20)7-13(14)17/h3-7,20H,1-2H3. The minimum Gasteiger partial charge on any atom is -0.508 e. The monoisotopic (exact) mass is 300 g/mol. The molecule has 2 rings (SSSR count). The van der Waals surface area contributed by atoms with Crippen molar-refractivity contribution in [3.63, 3.8) is 0 Å². The molecule has 112 valence electrons. The Balaban J connectivity index is 2.42. The number of halogens is 4. The Morgan fingerprint density at radius 3 is 2.24 bits per heavy atom. The van der Waals surface area contributed by atoms with Crippen molar-refractivity contribution >= 4 is 0 Å². The predicted octanol–water partition coefficient (Wildman–Crippen LogP) is 4.42. The van der Waals surface area contributed by atoms with Crippen molar-refractivity contribution in [2.75, 3.05) is 0 Å². The number of alkyl halides is 2. The molecule has 0 atom stereocenters. The van der Waals surface area contributed by atoms with E-state index >= 15 is 0 Å². The zero-order chi connectivity index (χ0) is 15.8. The minimum atomic E-state index is -4.00. The van der Waals surface area contributed by atoms with Crippen molar-refractivity contribution in [1.82, 2.24) is 0 Å². The summed E-state index contributed by atoms with van der Waals surface area (Å²) in [6.07, 6.45) is -4.00. The van der Waals surface area contributed by atoms with E-state index in [-0.39, 0.29) is 5.56 Å². The van der Waals surface area contributed by atoms with E-state index in [0.29, 0.717) is 11.6 Å². The lowest BCUT2D eigenvalue weighted by Crippen LogP contribution is -2.24. The molecule has 21 heavy (non-hydrogen) atoms. The number of ether oxygens (including phenoxy) is 1. The van der Waals surface area contributed by atoms with E-state index in [4.69, 9.17) is 0 Å². The molecule has 0 saturated carbocycles. The highest BCUT2D eigenvalue weighted by atomic mass is 19.3. The maximum absolute atomic E-state index is 14.1. The predicted molar refractivity (Wildman–Crippen MR) is 68.5 cm³/mol. The second kappa shape index (κ2) is 5.27. The van der Waals surface area contributed by atoms with Crippen molar-refractivity contribution < 1.29 is 27.4 Å². The molecule has 0 amide bonds. The molecule has 0 fully saturated rings. The summed E-state index contributed by atoms with van der Waals surface area (Å²) >= 11 is 0. The van der Waals surface area contributed by atoms with E-state index < -0.39 is 34.8 Å². The van der Waals surface area contributed by atoms with Crippen LogP contribution in [-0.4, -0.2) is 5.11 Å². The maximum Gasteiger partial charge on any atom is 0.429 e. The van der Waals surface area contributed by atoms with Gasteiger partial charge in [-0.25, -0.2) is 8.78 Å². The molecule has 0 bridgehead atoms. The SMILES string of the molecule is Cc1cc(F)cc(OC(F)(F)c2c(C)cc(O)cc2F)c1. The summed E-state index contributed by atoms with van der Waals surface area (Å²) in [6.45, 7) is 2.73. The molecule has 6 heteroatoms. The average Bonchev–Trinajstić information content (AvgIpc) is 2.23. The normalized spacial score (nSPS) is 11.5. The Labute approximate surface area is 118 Å². The van der Waals surface area contributed by atoms with Crippen LogP contribution in [0.4, 0.5) is 17.6 Å². The van der Waals surface area contributed by atoms with Gasteiger partial charge in [0.15, 0.2) is 0 Å². The van der Waals surface area contributed by atoms with Crippen LogP contribution in [0.25, 0.3) is 0 Å². The first kappa shape index (κ1) is 15.2. The van der Waals surface area contributed by atoms with E-state index in [1.807, 2.05) is 0 Å². The van der Waals surface area contributed by atoms with Gasteiger partial charge >= 0.3 is 6.11 Å². The molecule has 0 aliphatic rings. The van der Waals surface area contributed by atoms with Crippen LogP contribution >= 0.6 is 0 Å². The summed E-state index contributed by atoms with van der Waals surface area (Å²) in [5.41, 5.74) is -0.781. The highest BCUT2D eigenvalue weighted by Crippen LogP contribution is 2.37. The molecular weight excluding hydrogens is 288 g/mol. The van der Waals surface area contributed by atoms with Crippen LogP contribution in [0.15, 0.2) is 30.3 Å². The lowest BCUT2D eigenvalue weighted by atomic mass is 10.1. The van der Waals surface area contributed by atoms with Gasteiger partial charge in [0.2, 0.25) is 0 Å². The van der Waals surface area contributed by atoms with Gasteiger partial charge < -0.3 is 9.84 Å². The van der Waals surface area contributed by atoms with Crippen LogP contribution in [0.1, 0.15) is 16.7 Å². The fourth-order valence-corrected chi connectivity index (χ4v) is 2.06. The van der Waals surface area contributed by atoms with Crippen LogP contribution in [0.5, 0.6) is 11.5 Å². The number of rotatable bonds is 3. The van der Waals surface area contributed by atoms with Crippen LogP contribution in [-0.2, 0) is 6.11 Å². The quantitative estimate of drug-likeness (QED) is 0.850. The number of hydrogen-bond donors (Lipinski definition) is 1. The molecule has 0 aromatic heterocycles. The second-order valence-corrected chi connectivity index (χ2v) is 4.70. The molecule has 0 saturated heterocycles. The summed E-state index contributed by atoms with van der Waals surface area (Å²) < 4.78 is 59.5. The minimum absolute atomic E-state index is 0.175. The molecule has 1 N–H and O–H groups in total. The number of benzene rings is 2. The lowest BCUT2D eigenvalue weighted by molar-refractivity contribution is -0.188. The summed E-state index contributed by atoms with van der Waals surface area (Å²) in [7, 11) is 0. The molecule has 0 aliphatic heterocycles. The first-order valence-corrected chi connectivity index (χ1v) is 6.02. The molecule has 0 heterocycles. The molecule has 0 radical (unpaired) electrons. The van der Waals surface area contributed by atoms with Gasteiger partial charge in [0.1, 0.15) is 28.7 Å². The Hall–Kier alpha value is -2.24. The highest BCUT2D eigenvalue weighted by Gasteiger charge is 2.39. The van der Waals surface area contributed by atoms with E-state index in [1.165, 1.54) is 19.9 Å². The molecule has 0 spiro atoms. The third-order valence-electron chi connectivity index (χ3n) is 2.82. The van der Waals surface area contributed by atoms with Gasteiger partial charge in [-0.3, -0.25) is 0 Å². The van der Waals surface area contributed by atoms with E-state index in [1.54, 1.807) is 0 Å². The van der Waals surface area contributed by atoms with Gasteiger partial charge in [-0.15, -0.1) is 0 Å². The number of phenols is 1. The third-order valence-corrected chi connectivity index (χ3v) is 2.82. The molecule has 2 aromatic carbocycles. The fourth-order valence-electron chi connectivity index (χ4n) is 2.06. The number of phenolic OH excluding ortho intramolecular Hbond substituents is 1. The topological polar surface area (TPSA) is 29.5 Å². The van der Waals surface area contributed by atoms with Crippen LogP contribution in [0, 0.1) is 25.5 Å². The largest absolute Gasteiger partial charge is 0.508 e. The molecule has 2 nitrogen and oxygen atoms in total. The van der Waals surface area contributed by atoms with E-state index in [9.17, 15) is 22.7 Å². The van der Waals surface area contributed by atoms with Crippen molar-refractivity contribution in [2.45, 2.75) is 20.0 Å². The Morgan fingerprint density at radius 1 is 1.00 bits per heavy atom. The third kappa shape index (κ3) is 3.26. The van der Waals surface area contributed by atoms with E-state index in [0.717, 1.165) is 18.2 Å². The molecule has 0 aliphatic carbocycles. The Kier molecular flexibility index (Phi) is 3.80. The average molecular weight is 300 g/mol. The number of hydrogen-bond acceptors (Lipinski definition) is 2. The summed E-state index contributed by atoms with van der Waals surface area (Å²) in [4.78, 5) is 0. The van der Waals surface area contributed by atoms with Crippen molar-refractivity contribution in [3.05, 3.63) is 58.7 Å². The first-order chi connectivity index (χ1) is 9.69. The summed E-state index contributed by atoms with van der Waals surface area (Å²) in [6, 6.07) is 4.71. The molecule has 2 aromatic rings. The van der Waals surface area contributed by atoms with Gasteiger partial charge in [0, 0.05) is 12.1 Å². The fraction of sp³-hybridized carbons (Fsp3) is 0.200. The maximum atomic E-state index is 14.1. The zero-order valence-corrected chi connectivity index (χ0v) is 11.3. The first-order valence-electron chi connectivity index (χ1n) is 6.02. The Bertz CT molecular complexity index is 640. The van der Waals surface area contributed by atoms with Gasteiger partial charge in [-0.2, -0.15) is 8.78 Å².